The van der Waals surface area contributed by atoms with Crippen LogP contribution in [0.5, 0.6) is 0 Å². The molecule has 0 aliphatic heterocycles. The maximum absolute atomic E-state index is 2.79. The van der Waals surface area contributed by atoms with Crippen LogP contribution in [0.2, 0.25) is 18.1 Å². The van der Waals surface area contributed by atoms with E-state index in [2.05, 4.69) is 33.7 Å². The molecule has 0 rings (SSSR count). The van der Waals surface area contributed by atoms with Gasteiger partial charge in [-0.05, 0) is 6.04 Å². The zero-order chi connectivity index (χ0) is 22.9. The van der Waals surface area contributed by atoms with Crippen molar-refractivity contribution in [2.75, 3.05) is 0 Å². The minimum atomic E-state index is -0.959. The van der Waals surface area contributed by atoms with Gasteiger partial charge in [0.15, 0.2) is 0 Å². The van der Waals surface area contributed by atoms with Crippen LogP contribution in [-0.2, 0) is 0 Å². The van der Waals surface area contributed by atoms with Crippen molar-refractivity contribution in [1.82, 2.24) is 0 Å². The summed E-state index contributed by atoms with van der Waals surface area (Å²) >= 11 is 0. The number of hydrogen-bond donors (Lipinski definition) is 0. The fraction of sp³-hybridized carbons (Fsp3) is 0.967. The van der Waals surface area contributed by atoms with Crippen LogP contribution in [0.4, 0.5) is 0 Å². The van der Waals surface area contributed by atoms with Gasteiger partial charge >= 0.3 is 0 Å². The first kappa shape index (κ1) is 31.2. The molecule has 187 valence electrons. The second kappa shape index (κ2) is 24.9. The Morgan fingerprint density at radius 1 is 0.355 bits per heavy atom. The van der Waals surface area contributed by atoms with Crippen LogP contribution >= 0.6 is 0 Å². The predicted octanol–water partition coefficient (Wildman–Crippen LogP) is 11.8. The summed E-state index contributed by atoms with van der Waals surface area (Å²) in [5.41, 5.74) is 0. The molecule has 0 spiro atoms. The first-order chi connectivity index (χ1) is 15.2. The van der Waals surface area contributed by atoms with Crippen molar-refractivity contribution in [3.8, 4) is 0 Å². The van der Waals surface area contributed by atoms with Gasteiger partial charge in [-0.3, -0.25) is 0 Å². The van der Waals surface area contributed by atoms with E-state index in [4.69, 9.17) is 0 Å². The average Bonchev–Trinajstić information content (AvgIpc) is 2.80. The molecule has 0 aliphatic carbocycles. The maximum Gasteiger partial charge on any atom is 0.0558 e. The Morgan fingerprint density at radius 3 is 0.871 bits per heavy atom. The summed E-state index contributed by atoms with van der Waals surface area (Å²) in [6, 6.07) is 7.17. The standard InChI is InChI=1S/C30H63Si/c1-5-9-10-11-12-13-14-15-16-17-18-19-20-21-22-23-24-25-26-27-28-29-30-31(6-2,7-3)8-4/h30H,5-29H2,1-4H3. The third-order valence-corrected chi connectivity index (χ3v) is 13.4. The summed E-state index contributed by atoms with van der Waals surface area (Å²) in [6.07, 6.45) is 32.4. The summed E-state index contributed by atoms with van der Waals surface area (Å²) in [6.45, 7) is 9.58. The summed E-state index contributed by atoms with van der Waals surface area (Å²) in [5.74, 6) is 0. The van der Waals surface area contributed by atoms with Crippen molar-refractivity contribution in [2.45, 2.75) is 187 Å². The molecule has 31 heavy (non-hydrogen) atoms. The molecule has 0 heterocycles. The van der Waals surface area contributed by atoms with Crippen LogP contribution in [0.3, 0.4) is 0 Å². The van der Waals surface area contributed by atoms with Gasteiger partial charge < -0.3 is 0 Å². The zero-order valence-corrected chi connectivity index (χ0v) is 23.8. The minimum Gasteiger partial charge on any atom is -0.0678 e. The summed E-state index contributed by atoms with van der Waals surface area (Å²) in [7, 11) is -0.959. The molecule has 0 N–H and O–H groups in total. The smallest absolute Gasteiger partial charge is 0.0558 e. The lowest BCUT2D eigenvalue weighted by molar-refractivity contribution is 0.520. The molecular weight excluding hydrogens is 388 g/mol. The zero-order valence-electron chi connectivity index (χ0n) is 22.8. The molecule has 0 bridgehead atoms. The molecule has 0 aromatic heterocycles. The quantitative estimate of drug-likeness (QED) is 0.0905. The van der Waals surface area contributed by atoms with Crippen molar-refractivity contribution in [3.63, 3.8) is 0 Å². The van der Waals surface area contributed by atoms with Crippen LogP contribution < -0.4 is 0 Å². The highest BCUT2D eigenvalue weighted by Crippen LogP contribution is 2.26. The van der Waals surface area contributed by atoms with E-state index >= 15 is 0 Å². The molecule has 1 radical (unpaired) electrons. The monoisotopic (exact) mass is 451 g/mol. The SMILES string of the molecule is CCCCCCCCCCCCCCCCCCCCCCC[CH][Si](CC)(CC)CC. The summed E-state index contributed by atoms with van der Waals surface area (Å²) in [4.78, 5) is 0. The van der Waals surface area contributed by atoms with E-state index in [9.17, 15) is 0 Å². The van der Waals surface area contributed by atoms with E-state index in [1.54, 1.807) is 0 Å². The molecule has 0 saturated heterocycles. The van der Waals surface area contributed by atoms with Gasteiger partial charge in [0.25, 0.3) is 0 Å². The molecule has 0 aromatic carbocycles. The van der Waals surface area contributed by atoms with Crippen molar-refractivity contribution in [1.29, 1.82) is 0 Å². The van der Waals surface area contributed by atoms with Gasteiger partial charge in [-0.15, -0.1) is 0 Å². The molecule has 0 aromatic rings. The Hall–Kier alpha value is 0.217. The van der Waals surface area contributed by atoms with Gasteiger partial charge in [0, 0.05) is 0 Å². The average molecular weight is 452 g/mol. The molecule has 0 unspecified atom stereocenters. The second-order valence-corrected chi connectivity index (χ2v) is 15.7. The first-order valence-corrected chi connectivity index (χ1v) is 17.8. The van der Waals surface area contributed by atoms with Gasteiger partial charge in [-0.25, -0.2) is 0 Å². The Balaban J connectivity index is 3.16. The van der Waals surface area contributed by atoms with Crippen molar-refractivity contribution in [3.05, 3.63) is 6.04 Å². The fourth-order valence-electron chi connectivity index (χ4n) is 5.17. The predicted molar refractivity (Wildman–Crippen MR) is 149 cm³/mol. The van der Waals surface area contributed by atoms with E-state index < -0.39 is 8.07 Å². The van der Waals surface area contributed by atoms with Crippen molar-refractivity contribution >= 4 is 8.07 Å². The van der Waals surface area contributed by atoms with Crippen molar-refractivity contribution in [2.24, 2.45) is 0 Å². The van der Waals surface area contributed by atoms with Crippen LogP contribution in [0.1, 0.15) is 169 Å². The van der Waals surface area contributed by atoms with Gasteiger partial charge in [0.1, 0.15) is 0 Å². The fourth-order valence-corrected chi connectivity index (χ4v) is 8.35. The Morgan fingerprint density at radius 2 is 0.613 bits per heavy atom. The molecular formula is C30H63Si. The van der Waals surface area contributed by atoms with Gasteiger partial charge in [0.05, 0.1) is 8.07 Å². The van der Waals surface area contributed by atoms with E-state index in [-0.39, 0.29) is 0 Å². The highest BCUT2D eigenvalue weighted by Gasteiger charge is 2.25. The van der Waals surface area contributed by atoms with Crippen molar-refractivity contribution < 1.29 is 0 Å². The third-order valence-electron chi connectivity index (χ3n) is 8.00. The van der Waals surface area contributed by atoms with E-state index in [1.165, 1.54) is 159 Å². The molecule has 0 fully saturated rings. The molecule has 0 amide bonds. The van der Waals surface area contributed by atoms with Crippen LogP contribution in [-0.4, -0.2) is 8.07 Å². The lowest BCUT2D eigenvalue weighted by Gasteiger charge is -2.27. The topological polar surface area (TPSA) is 0 Å². The number of unbranched alkanes of at least 4 members (excludes halogenated alkanes) is 21. The van der Waals surface area contributed by atoms with Crippen LogP contribution in [0.15, 0.2) is 0 Å². The highest BCUT2D eigenvalue weighted by atomic mass is 28.3. The maximum atomic E-state index is 2.79. The van der Waals surface area contributed by atoms with E-state index in [1.807, 2.05) is 0 Å². The van der Waals surface area contributed by atoms with Gasteiger partial charge in [-0.2, -0.15) is 0 Å². The summed E-state index contributed by atoms with van der Waals surface area (Å²) in [5, 5.41) is 0. The lowest BCUT2D eigenvalue weighted by Crippen LogP contribution is -2.32. The van der Waals surface area contributed by atoms with Crippen LogP contribution in [0.25, 0.3) is 0 Å². The second-order valence-electron chi connectivity index (χ2n) is 10.5. The lowest BCUT2D eigenvalue weighted by atomic mass is 10.0. The Labute approximate surface area is 201 Å². The third kappa shape index (κ3) is 20.5. The van der Waals surface area contributed by atoms with E-state index in [0.717, 1.165) is 0 Å². The van der Waals surface area contributed by atoms with Gasteiger partial charge in [0.2, 0.25) is 0 Å². The largest absolute Gasteiger partial charge is 0.0678 e. The minimum absolute atomic E-state index is 0.959. The summed E-state index contributed by atoms with van der Waals surface area (Å²) < 4.78 is 0. The Bertz CT molecular complexity index is 312. The normalized spacial score (nSPS) is 12.0. The van der Waals surface area contributed by atoms with E-state index in [0.29, 0.717) is 0 Å². The Kier molecular flexibility index (Phi) is 25.0. The number of rotatable bonds is 26. The number of hydrogen-bond acceptors (Lipinski definition) is 0. The molecule has 0 atom stereocenters. The van der Waals surface area contributed by atoms with Gasteiger partial charge in [-0.1, -0.05) is 187 Å². The highest BCUT2D eigenvalue weighted by molar-refractivity contribution is 6.82. The molecule has 0 saturated carbocycles. The molecule has 1 heteroatoms. The first-order valence-electron chi connectivity index (χ1n) is 15.1. The van der Waals surface area contributed by atoms with Crippen LogP contribution in [0, 0.1) is 6.04 Å². The molecule has 0 nitrogen and oxygen atoms in total. The molecule has 0 aliphatic rings.